The summed E-state index contributed by atoms with van der Waals surface area (Å²) in [5.74, 6) is 0. The third-order valence-corrected chi connectivity index (χ3v) is 0.850. The van der Waals surface area contributed by atoms with Gasteiger partial charge in [-0.1, -0.05) is 0 Å². The predicted molar refractivity (Wildman–Crippen MR) is 23.9 cm³/mol. The molecular formula is C4H4F3N2. The van der Waals surface area contributed by atoms with Crippen molar-refractivity contribution >= 4 is 0 Å². The maximum atomic E-state index is 11.6. The Balaban J connectivity index is 2.61. The zero-order valence-electron chi connectivity index (χ0n) is 4.34. The van der Waals surface area contributed by atoms with Gasteiger partial charge in [0.1, 0.15) is 5.70 Å². The molecule has 1 aliphatic heterocycles. The van der Waals surface area contributed by atoms with E-state index >= 15 is 0 Å². The van der Waals surface area contributed by atoms with E-state index in [2.05, 4.69) is 11.5 Å². The van der Waals surface area contributed by atoms with Gasteiger partial charge in [-0.2, -0.15) is 13.2 Å². The minimum absolute atomic E-state index is 0.106. The Bertz CT molecular complexity index is 137. The number of rotatable bonds is 0. The molecule has 9 heavy (non-hydrogen) atoms. The highest BCUT2D eigenvalue weighted by atomic mass is 19.4. The van der Waals surface area contributed by atoms with E-state index in [1.807, 2.05) is 5.43 Å². The van der Waals surface area contributed by atoms with Crippen LogP contribution in [0.15, 0.2) is 5.70 Å². The lowest BCUT2D eigenvalue weighted by Crippen LogP contribution is -2.30. The van der Waals surface area contributed by atoms with Gasteiger partial charge in [-0.25, -0.2) is 5.43 Å². The van der Waals surface area contributed by atoms with Gasteiger partial charge in [0, 0.05) is 12.6 Å². The summed E-state index contributed by atoms with van der Waals surface area (Å²) in [6.07, 6.45) is -2.22. The minimum atomic E-state index is -4.29. The molecule has 0 atom stereocenters. The molecule has 0 bridgehead atoms. The van der Waals surface area contributed by atoms with Gasteiger partial charge in [-0.15, -0.1) is 0 Å². The van der Waals surface area contributed by atoms with Gasteiger partial charge in [0.15, 0.2) is 0 Å². The molecule has 51 valence electrons. The molecule has 2 N–H and O–H groups in total. The van der Waals surface area contributed by atoms with E-state index in [0.717, 1.165) is 0 Å². The molecule has 0 aromatic heterocycles. The van der Waals surface area contributed by atoms with Crippen molar-refractivity contribution in [2.24, 2.45) is 0 Å². The van der Waals surface area contributed by atoms with E-state index in [4.69, 9.17) is 0 Å². The fraction of sp³-hybridized carbons (Fsp3) is 0.500. The standard InChI is InChI=1S/C4H4F3N2/c5-4(6,7)3-1-2-8-9-3/h8-9H,2H2. The number of hydrogen-bond acceptors (Lipinski definition) is 2. The fourth-order valence-electron chi connectivity index (χ4n) is 0.480. The first-order valence-corrected chi connectivity index (χ1v) is 2.27. The minimum Gasteiger partial charge on any atom is -0.317 e. The van der Waals surface area contributed by atoms with Crippen molar-refractivity contribution in [2.45, 2.75) is 6.18 Å². The maximum absolute atomic E-state index is 11.6. The lowest BCUT2D eigenvalue weighted by atomic mass is 10.4. The largest absolute Gasteiger partial charge is 0.432 e. The molecule has 0 saturated carbocycles. The highest BCUT2D eigenvalue weighted by Crippen LogP contribution is 2.23. The van der Waals surface area contributed by atoms with Gasteiger partial charge in [0.25, 0.3) is 0 Å². The molecule has 0 aromatic carbocycles. The van der Waals surface area contributed by atoms with Crippen LogP contribution < -0.4 is 10.9 Å². The maximum Gasteiger partial charge on any atom is 0.432 e. The van der Waals surface area contributed by atoms with Crippen molar-refractivity contribution in [3.8, 4) is 0 Å². The van der Waals surface area contributed by atoms with Crippen LogP contribution >= 0.6 is 0 Å². The Morgan fingerprint density at radius 3 is 2.33 bits per heavy atom. The average Bonchev–Trinajstić information content (AvgIpc) is 2.08. The third-order valence-electron chi connectivity index (χ3n) is 0.850. The highest BCUT2D eigenvalue weighted by Gasteiger charge is 2.35. The van der Waals surface area contributed by atoms with Crippen LogP contribution in [0.4, 0.5) is 13.2 Å². The summed E-state index contributed by atoms with van der Waals surface area (Å²) in [6, 6.07) is 0. The Kier molecular flexibility index (Phi) is 1.36. The first kappa shape index (κ1) is 6.41. The second-order valence-corrected chi connectivity index (χ2v) is 1.53. The lowest BCUT2D eigenvalue weighted by Gasteiger charge is -2.06. The average molecular weight is 137 g/mol. The summed E-state index contributed by atoms with van der Waals surface area (Å²) in [6.45, 7) is 0.106. The third kappa shape index (κ3) is 1.35. The molecule has 5 heteroatoms. The molecule has 0 aliphatic carbocycles. The Labute approximate surface area is 49.7 Å². The van der Waals surface area contributed by atoms with Gasteiger partial charge in [0.2, 0.25) is 0 Å². The SMILES string of the molecule is FC(F)(F)C1=[C]CNN1. The van der Waals surface area contributed by atoms with Crippen molar-refractivity contribution in [3.63, 3.8) is 0 Å². The summed E-state index contributed by atoms with van der Waals surface area (Å²) in [7, 11) is 0. The predicted octanol–water partition coefficient (Wildman–Crippen LogP) is 0.344. The highest BCUT2D eigenvalue weighted by molar-refractivity contribution is 5.05. The summed E-state index contributed by atoms with van der Waals surface area (Å²) in [5.41, 5.74) is 3.36. The fourth-order valence-corrected chi connectivity index (χ4v) is 0.480. The molecule has 0 amide bonds. The molecule has 0 unspecified atom stereocenters. The van der Waals surface area contributed by atoms with Crippen LogP contribution in [0, 0.1) is 6.08 Å². The first-order valence-electron chi connectivity index (χ1n) is 2.27. The van der Waals surface area contributed by atoms with E-state index < -0.39 is 11.9 Å². The molecule has 0 saturated heterocycles. The number of hydrogen-bond donors (Lipinski definition) is 2. The summed E-state index contributed by atoms with van der Waals surface area (Å²) < 4.78 is 34.7. The molecule has 1 aliphatic rings. The summed E-state index contributed by atoms with van der Waals surface area (Å²) in [4.78, 5) is 0. The van der Waals surface area contributed by atoms with Crippen molar-refractivity contribution in [1.82, 2.24) is 10.9 Å². The smallest absolute Gasteiger partial charge is 0.317 e. The monoisotopic (exact) mass is 137 g/mol. The lowest BCUT2D eigenvalue weighted by molar-refractivity contribution is -0.0969. The van der Waals surface area contributed by atoms with Gasteiger partial charge < -0.3 is 5.43 Å². The van der Waals surface area contributed by atoms with Crippen molar-refractivity contribution in [3.05, 3.63) is 11.8 Å². The second kappa shape index (κ2) is 1.91. The second-order valence-electron chi connectivity index (χ2n) is 1.53. The van der Waals surface area contributed by atoms with Crippen LogP contribution in [0.25, 0.3) is 0 Å². The normalized spacial score (nSPS) is 19.2. The molecule has 2 nitrogen and oxygen atoms in total. The van der Waals surface area contributed by atoms with Crippen molar-refractivity contribution < 1.29 is 13.2 Å². The van der Waals surface area contributed by atoms with E-state index in [-0.39, 0.29) is 6.54 Å². The van der Waals surface area contributed by atoms with Crippen LogP contribution in [-0.2, 0) is 0 Å². The number of halogens is 3. The van der Waals surface area contributed by atoms with Crippen LogP contribution in [0.5, 0.6) is 0 Å². The van der Waals surface area contributed by atoms with E-state index in [0.29, 0.717) is 0 Å². The zero-order valence-corrected chi connectivity index (χ0v) is 4.34. The number of allylic oxidation sites excluding steroid dienone is 1. The molecule has 0 aromatic rings. The zero-order chi connectivity index (χ0) is 6.91. The van der Waals surface area contributed by atoms with Crippen LogP contribution in [0.3, 0.4) is 0 Å². The van der Waals surface area contributed by atoms with Crippen LogP contribution in [-0.4, -0.2) is 12.7 Å². The number of alkyl halides is 3. The summed E-state index contributed by atoms with van der Waals surface area (Å²) >= 11 is 0. The van der Waals surface area contributed by atoms with Crippen molar-refractivity contribution in [2.75, 3.05) is 6.54 Å². The van der Waals surface area contributed by atoms with Crippen molar-refractivity contribution in [1.29, 1.82) is 0 Å². The molecule has 0 fully saturated rings. The Hall–Kier alpha value is -0.710. The van der Waals surface area contributed by atoms with E-state index in [1.165, 1.54) is 0 Å². The molecule has 0 spiro atoms. The van der Waals surface area contributed by atoms with E-state index in [1.54, 1.807) is 0 Å². The van der Waals surface area contributed by atoms with Gasteiger partial charge >= 0.3 is 6.18 Å². The van der Waals surface area contributed by atoms with Gasteiger partial charge in [-0.05, 0) is 0 Å². The van der Waals surface area contributed by atoms with Gasteiger partial charge in [-0.3, -0.25) is 0 Å². The molecule has 1 heterocycles. The van der Waals surface area contributed by atoms with Gasteiger partial charge in [0.05, 0.1) is 0 Å². The van der Waals surface area contributed by atoms with Crippen LogP contribution in [0.2, 0.25) is 0 Å². The van der Waals surface area contributed by atoms with E-state index in [9.17, 15) is 13.2 Å². The topological polar surface area (TPSA) is 24.1 Å². The molecular weight excluding hydrogens is 133 g/mol. The van der Waals surface area contributed by atoms with Crippen LogP contribution in [0.1, 0.15) is 0 Å². The quantitative estimate of drug-likeness (QED) is 0.503. The Morgan fingerprint density at radius 1 is 1.44 bits per heavy atom. The first-order chi connectivity index (χ1) is 4.11. The number of hydrazine groups is 1. The summed E-state index contributed by atoms with van der Waals surface area (Å²) in [5, 5.41) is 0. The molecule has 1 rings (SSSR count). The number of nitrogens with one attached hydrogen (secondary N) is 2. The Morgan fingerprint density at radius 2 is 2.11 bits per heavy atom. The molecule has 1 radical (unpaired) electrons.